The SMILES string of the molecule is CCOc1ccc(-c2ncc(C(=O)NC)c(N)n2)cc1. The van der Waals surface area contributed by atoms with Crippen molar-refractivity contribution in [3.63, 3.8) is 0 Å². The monoisotopic (exact) mass is 272 g/mol. The molecular weight excluding hydrogens is 256 g/mol. The summed E-state index contributed by atoms with van der Waals surface area (Å²) in [5, 5.41) is 2.49. The standard InChI is InChI=1S/C14H16N4O2/c1-3-20-10-6-4-9(5-7-10)13-17-8-11(12(15)18-13)14(19)16-2/h4-8H,3H2,1-2H3,(H,16,19)(H2,15,17,18). The van der Waals surface area contributed by atoms with E-state index in [9.17, 15) is 4.79 Å². The Morgan fingerprint density at radius 1 is 1.35 bits per heavy atom. The van der Waals surface area contributed by atoms with Gasteiger partial charge in [-0.15, -0.1) is 0 Å². The second kappa shape index (κ2) is 6.01. The van der Waals surface area contributed by atoms with E-state index in [-0.39, 0.29) is 17.3 Å². The molecule has 1 aromatic heterocycles. The summed E-state index contributed by atoms with van der Waals surface area (Å²) in [5.41, 5.74) is 6.85. The molecule has 0 saturated carbocycles. The number of nitrogens with zero attached hydrogens (tertiary/aromatic N) is 2. The molecule has 0 radical (unpaired) electrons. The number of nitrogen functional groups attached to an aromatic ring is 1. The van der Waals surface area contributed by atoms with E-state index in [4.69, 9.17) is 10.5 Å². The Morgan fingerprint density at radius 3 is 2.60 bits per heavy atom. The lowest BCUT2D eigenvalue weighted by Gasteiger charge is -2.07. The first-order valence-corrected chi connectivity index (χ1v) is 6.23. The van der Waals surface area contributed by atoms with Crippen LogP contribution in [0.3, 0.4) is 0 Å². The largest absolute Gasteiger partial charge is 0.494 e. The van der Waals surface area contributed by atoms with Gasteiger partial charge in [0, 0.05) is 18.8 Å². The lowest BCUT2D eigenvalue weighted by atomic mass is 10.2. The highest BCUT2D eigenvalue weighted by molar-refractivity contribution is 5.98. The van der Waals surface area contributed by atoms with Gasteiger partial charge in [-0.25, -0.2) is 9.97 Å². The van der Waals surface area contributed by atoms with Crippen molar-refractivity contribution in [2.24, 2.45) is 0 Å². The van der Waals surface area contributed by atoms with E-state index in [1.807, 2.05) is 31.2 Å². The summed E-state index contributed by atoms with van der Waals surface area (Å²) in [7, 11) is 1.53. The lowest BCUT2D eigenvalue weighted by molar-refractivity contribution is 0.0963. The Hall–Kier alpha value is -2.63. The van der Waals surface area contributed by atoms with Gasteiger partial charge in [-0.3, -0.25) is 4.79 Å². The highest BCUT2D eigenvalue weighted by Gasteiger charge is 2.11. The second-order valence-electron chi connectivity index (χ2n) is 4.03. The van der Waals surface area contributed by atoms with Crippen molar-refractivity contribution < 1.29 is 9.53 Å². The number of carbonyl (C=O) groups is 1. The maximum atomic E-state index is 11.5. The van der Waals surface area contributed by atoms with E-state index in [2.05, 4.69) is 15.3 Å². The minimum atomic E-state index is -0.305. The molecule has 0 bridgehead atoms. The average molecular weight is 272 g/mol. The maximum absolute atomic E-state index is 11.5. The number of benzene rings is 1. The number of nitrogens with one attached hydrogen (secondary N) is 1. The van der Waals surface area contributed by atoms with Gasteiger partial charge in [0.25, 0.3) is 5.91 Å². The molecular formula is C14H16N4O2. The fourth-order valence-electron chi connectivity index (χ4n) is 1.71. The van der Waals surface area contributed by atoms with Crippen LogP contribution >= 0.6 is 0 Å². The van der Waals surface area contributed by atoms with E-state index in [1.165, 1.54) is 13.2 Å². The number of aromatic nitrogens is 2. The molecule has 2 aromatic rings. The zero-order valence-corrected chi connectivity index (χ0v) is 11.4. The fourth-order valence-corrected chi connectivity index (χ4v) is 1.71. The summed E-state index contributed by atoms with van der Waals surface area (Å²) in [6.45, 7) is 2.54. The molecule has 0 aliphatic heterocycles. The van der Waals surface area contributed by atoms with Crippen molar-refractivity contribution >= 4 is 11.7 Å². The normalized spacial score (nSPS) is 10.1. The molecule has 1 heterocycles. The molecule has 20 heavy (non-hydrogen) atoms. The predicted molar refractivity (Wildman–Crippen MR) is 76.4 cm³/mol. The number of carbonyl (C=O) groups excluding carboxylic acids is 1. The first-order valence-electron chi connectivity index (χ1n) is 6.23. The van der Waals surface area contributed by atoms with Gasteiger partial charge in [-0.2, -0.15) is 0 Å². The summed E-state index contributed by atoms with van der Waals surface area (Å²) < 4.78 is 5.37. The van der Waals surface area contributed by atoms with Gasteiger partial charge in [0.05, 0.1) is 12.2 Å². The third-order valence-corrected chi connectivity index (χ3v) is 2.71. The molecule has 6 heteroatoms. The molecule has 0 fully saturated rings. The molecule has 0 aliphatic rings. The first-order chi connectivity index (χ1) is 9.65. The van der Waals surface area contributed by atoms with Crippen molar-refractivity contribution in [3.8, 4) is 17.1 Å². The number of hydrogen-bond acceptors (Lipinski definition) is 5. The Kier molecular flexibility index (Phi) is 4.14. The van der Waals surface area contributed by atoms with Gasteiger partial charge < -0.3 is 15.8 Å². The zero-order chi connectivity index (χ0) is 14.5. The Morgan fingerprint density at radius 2 is 2.05 bits per heavy atom. The van der Waals surface area contributed by atoms with Crippen LogP contribution in [0, 0.1) is 0 Å². The van der Waals surface area contributed by atoms with Crippen LogP contribution in [0.4, 0.5) is 5.82 Å². The van der Waals surface area contributed by atoms with E-state index in [1.54, 1.807) is 0 Å². The highest BCUT2D eigenvalue weighted by Crippen LogP contribution is 2.21. The molecule has 1 amide bonds. The molecule has 2 rings (SSSR count). The Balaban J connectivity index is 2.29. The number of ether oxygens (including phenoxy) is 1. The summed E-state index contributed by atoms with van der Waals surface area (Å²) in [6, 6.07) is 7.37. The average Bonchev–Trinajstić information content (AvgIpc) is 2.47. The second-order valence-corrected chi connectivity index (χ2v) is 4.03. The van der Waals surface area contributed by atoms with E-state index in [0.29, 0.717) is 12.4 Å². The van der Waals surface area contributed by atoms with Crippen LogP contribution in [-0.4, -0.2) is 29.5 Å². The van der Waals surface area contributed by atoms with E-state index in [0.717, 1.165) is 11.3 Å². The number of rotatable bonds is 4. The topological polar surface area (TPSA) is 90.1 Å². The third-order valence-electron chi connectivity index (χ3n) is 2.71. The Bertz CT molecular complexity index is 611. The molecule has 3 N–H and O–H groups in total. The smallest absolute Gasteiger partial charge is 0.256 e. The molecule has 0 aliphatic carbocycles. The van der Waals surface area contributed by atoms with Crippen molar-refractivity contribution in [2.75, 3.05) is 19.4 Å². The van der Waals surface area contributed by atoms with Gasteiger partial charge >= 0.3 is 0 Å². The van der Waals surface area contributed by atoms with Crippen molar-refractivity contribution in [3.05, 3.63) is 36.0 Å². The van der Waals surface area contributed by atoms with Crippen molar-refractivity contribution in [1.29, 1.82) is 0 Å². The molecule has 1 aromatic carbocycles. The number of amides is 1. The van der Waals surface area contributed by atoms with Gasteiger partial charge in [0.2, 0.25) is 0 Å². The minimum Gasteiger partial charge on any atom is -0.494 e. The van der Waals surface area contributed by atoms with Gasteiger partial charge in [0.15, 0.2) is 5.82 Å². The van der Waals surface area contributed by atoms with Crippen LogP contribution < -0.4 is 15.8 Å². The summed E-state index contributed by atoms with van der Waals surface area (Å²) in [6.07, 6.45) is 1.42. The predicted octanol–water partition coefficient (Wildman–Crippen LogP) is 1.48. The molecule has 0 saturated heterocycles. The van der Waals surface area contributed by atoms with Gasteiger partial charge in [0.1, 0.15) is 11.6 Å². The minimum absolute atomic E-state index is 0.156. The van der Waals surface area contributed by atoms with Crippen LogP contribution in [0.5, 0.6) is 5.75 Å². The first kappa shape index (κ1) is 13.8. The number of nitrogens with two attached hydrogens (primary N) is 1. The lowest BCUT2D eigenvalue weighted by Crippen LogP contribution is -2.20. The van der Waals surface area contributed by atoms with Crippen LogP contribution in [0.2, 0.25) is 0 Å². The summed E-state index contributed by atoms with van der Waals surface area (Å²) in [5.74, 6) is 1.10. The van der Waals surface area contributed by atoms with Crippen molar-refractivity contribution in [1.82, 2.24) is 15.3 Å². The molecule has 104 valence electrons. The molecule has 0 spiro atoms. The zero-order valence-electron chi connectivity index (χ0n) is 11.4. The van der Waals surface area contributed by atoms with Gasteiger partial charge in [-0.05, 0) is 31.2 Å². The third kappa shape index (κ3) is 2.85. The summed E-state index contributed by atoms with van der Waals surface area (Å²) >= 11 is 0. The molecule has 0 atom stereocenters. The van der Waals surface area contributed by atoms with Gasteiger partial charge in [-0.1, -0.05) is 0 Å². The fraction of sp³-hybridized carbons (Fsp3) is 0.214. The van der Waals surface area contributed by atoms with E-state index >= 15 is 0 Å². The number of anilines is 1. The summed E-state index contributed by atoms with van der Waals surface area (Å²) in [4.78, 5) is 19.8. The van der Waals surface area contributed by atoms with E-state index < -0.39 is 0 Å². The quantitative estimate of drug-likeness (QED) is 0.880. The van der Waals surface area contributed by atoms with Crippen LogP contribution in [0.1, 0.15) is 17.3 Å². The maximum Gasteiger partial charge on any atom is 0.256 e. The van der Waals surface area contributed by atoms with Crippen LogP contribution in [-0.2, 0) is 0 Å². The van der Waals surface area contributed by atoms with Crippen LogP contribution in [0.15, 0.2) is 30.5 Å². The molecule has 6 nitrogen and oxygen atoms in total. The molecule has 0 unspecified atom stereocenters. The van der Waals surface area contributed by atoms with Crippen LogP contribution in [0.25, 0.3) is 11.4 Å². The number of hydrogen-bond donors (Lipinski definition) is 2. The van der Waals surface area contributed by atoms with Crippen molar-refractivity contribution in [2.45, 2.75) is 6.92 Å². The Labute approximate surface area is 117 Å². The highest BCUT2D eigenvalue weighted by atomic mass is 16.5.